The van der Waals surface area contributed by atoms with Gasteiger partial charge in [-0.25, -0.2) is 0 Å². The highest BCUT2D eigenvalue weighted by atomic mass is 16.4. The Morgan fingerprint density at radius 1 is 1.40 bits per heavy atom. The highest BCUT2D eigenvalue weighted by Crippen LogP contribution is 1.98. The lowest BCUT2D eigenvalue weighted by atomic mass is 10.1. The van der Waals surface area contributed by atoms with Gasteiger partial charge in [-0.1, -0.05) is 6.42 Å². The van der Waals surface area contributed by atoms with Gasteiger partial charge in [-0.3, -0.25) is 4.79 Å². The maximum atomic E-state index is 10.3. The van der Waals surface area contributed by atoms with Crippen LogP contribution in [-0.2, 0) is 4.79 Å². The van der Waals surface area contributed by atoms with E-state index in [4.69, 9.17) is 21.1 Å². The van der Waals surface area contributed by atoms with Gasteiger partial charge >= 0.3 is 5.97 Å². The topological polar surface area (TPSA) is 116 Å². The molecule has 0 amide bonds. The molecule has 0 aliphatic heterocycles. The van der Waals surface area contributed by atoms with Gasteiger partial charge in [-0.15, -0.1) is 0 Å². The molecule has 0 aromatic heterocycles. The van der Waals surface area contributed by atoms with Gasteiger partial charge in [0.1, 0.15) is 6.04 Å². The molecule has 0 aromatic rings. The number of nitrogens with two attached hydrogens (primary N) is 1. The fourth-order valence-corrected chi connectivity index (χ4v) is 1.07. The van der Waals surface area contributed by atoms with Gasteiger partial charge in [0.15, 0.2) is 0 Å². The molecule has 0 bridgehead atoms. The average molecular weight is 220 g/mol. The highest BCUT2D eigenvalue weighted by Gasteiger charge is 2.09. The predicted octanol–water partition coefficient (Wildman–Crippen LogP) is -1.49. The first kappa shape index (κ1) is 14.3. The molecule has 0 spiro atoms. The van der Waals surface area contributed by atoms with Crippen molar-refractivity contribution in [3.63, 3.8) is 0 Å². The van der Waals surface area contributed by atoms with Crippen molar-refractivity contribution in [2.45, 2.75) is 31.4 Å². The molecule has 6 nitrogen and oxygen atoms in total. The van der Waals surface area contributed by atoms with Gasteiger partial charge in [0.2, 0.25) is 0 Å². The second-order valence-electron chi connectivity index (χ2n) is 3.48. The fraction of sp³-hybridized carbons (Fsp3) is 0.889. The van der Waals surface area contributed by atoms with Crippen LogP contribution in [0.5, 0.6) is 0 Å². The van der Waals surface area contributed by atoms with Crippen LogP contribution in [0.4, 0.5) is 0 Å². The third-order valence-electron chi connectivity index (χ3n) is 2.03. The minimum absolute atomic E-state index is 0.253. The summed E-state index contributed by atoms with van der Waals surface area (Å²) in [7, 11) is 0. The summed E-state index contributed by atoms with van der Waals surface area (Å²) < 4.78 is 0. The average Bonchev–Trinajstić information content (AvgIpc) is 2.22. The Labute approximate surface area is 89.1 Å². The Balaban J connectivity index is 3.21. The summed E-state index contributed by atoms with van der Waals surface area (Å²) in [5.74, 6) is -0.973. The van der Waals surface area contributed by atoms with E-state index in [0.717, 1.165) is 12.8 Å². The lowest BCUT2D eigenvalue weighted by Gasteiger charge is -2.09. The van der Waals surface area contributed by atoms with Gasteiger partial charge in [0, 0.05) is 6.54 Å². The molecule has 0 heterocycles. The Kier molecular flexibility index (Phi) is 8.21. The Bertz CT molecular complexity index is 177. The minimum atomic E-state index is -0.973. The fourth-order valence-electron chi connectivity index (χ4n) is 1.07. The maximum absolute atomic E-state index is 10.3. The summed E-state index contributed by atoms with van der Waals surface area (Å²) in [5.41, 5.74) is 5.31. The lowest BCUT2D eigenvalue weighted by molar-refractivity contribution is -0.138. The second kappa shape index (κ2) is 8.60. The molecule has 0 aliphatic carbocycles. The Hall–Kier alpha value is -0.690. The van der Waals surface area contributed by atoms with E-state index in [0.29, 0.717) is 19.5 Å². The monoisotopic (exact) mass is 220 g/mol. The molecule has 0 radical (unpaired) electrons. The number of nitrogens with one attached hydrogen (secondary N) is 1. The van der Waals surface area contributed by atoms with E-state index in [1.54, 1.807) is 0 Å². The van der Waals surface area contributed by atoms with Crippen molar-refractivity contribution >= 4 is 5.97 Å². The number of carboxylic acids is 1. The molecule has 6 heteroatoms. The van der Waals surface area contributed by atoms with E-state index >= 15 is 0 Å². The van der Waals surface area contributed by atoms with Crippen LogP contribution in [0.25, 0.3) is 0 Å². The summed E-state index contributed by atoms with van der Waals surface area (Å²) in [6.45, 7) is 0.780. The van der Waals surface area contributed by atoms with Crippen LogP contribution in [-0.4, -0.2) is 53.1 Å². The van der Waals surface area contributed by atoms with E-state index < -0.39 is 18.1 Å². The van der Waals surface area contributed by atoms with Gasteiger partial charge in [0.05, 0.1) is 12.7 Å². The summed E-state index contributed by atoms with van der Waals surface area (Å²) in [5, 5.41) is 28.9. The number of aliphatic carboxylic acids is 1. The third kappa shape index (κ3) is 8.31. The van der Waals surface area contributed by atoms with Crippen LogP contribution < -0.4 is 11.1 Å². The van der Waals surface area contributed by atoms with Gasteiger partial charge in [0.25, 0.3) is 0 Å². The summed E-state index contributed by atoms with van der Waals surface area (Å²) >= 11 is 0. The molecular formula is C9H20N2O4. The third-order valence-corrected chi connectivity index (χ3v) is 2.03. The van der Waals surface area contributed by atoms with E-state index in [1.807, 2.05) is 0 Å². The smallest absolute Gasteiger partial charge is 0.320 e. The van der Waals surface area contributed by atoms with Crippen LogP contribution in [0.2, 0.25) is 0 Å². The molecule has 0 aliphatic rings. The second-order valence-corrected chi connectivity index (χ2v) is 3.48. The molecule has 2 unspecified atom stereocenters. The maximum Gasteiger partial charge on any atom is 0.320 e. The zero-order valence-corrected chi connectivity index (χ0v) is 8.72. The van der Waals surface area contributed by atoms with Crippen LogP contribution in [0.15, 0.2) is 0 Å². The molecule has 0 rings (SSSR count). The van der Waals surface area contributed by atoms with Gasteiger partial charge < -0.3 is 26.4 Å². The summed E-state index contributed by atoms with van der Waals surface area (Å²) in [4.78, 5) is 10.3. The highest BCUT2D eigenvalue weighted by molar-refractivity contribution is 5.72. The van der Waals surface area contributed by atoms with Gasteiger partial charge in [-0.05, 0) is 19.4 Å². The normalized spacial score (nSPS) is 14.9. The summed E-state index contributed by atoms with van der Waals surface area (Å²) in [6.07, 6.45) is 1.26. The molecule has 90 valence electrons. The van der Waals surface area contributed by atoms with E-state index in [2.05, 4.69) is 5.32 Å². The van der Waals surface area contributed by atoms with Crippen LogP contribution in [0, 0.1) is 0 Å². The minimum Gasteiger partial charge on any atom is -0.480 e. The van der Waals surface area contributed by atoms with Crippen molar-refractivity contribution in [2.75, 3.05) is 19.7 Å². The number of carbonyl (C=O) groups is 1. The van der Waals surface area contributed by atoms with Crippen LogP contribution in [0.1, 0.15) is 19.3 Å². The predicted molar refractivity (Wildman–Crippen MR) is 55.4 cm³/mol. The lowest BCUT2D eigenvalue weighted by Crippen LogP contribution is -2.31. The zero-order chi connectivity index (χ0) is 11.7. The van der Waals surface area contributed by atoms with Crippen molar-refractivity contribution in [3.8, 4) is 0 Å². The van der Waals surface area contributed by atoms with Crippen molar-refractivity contribution in [3.05, 3.63) is 0 Å². The van der Waals surface area contributed by atoms with Crippen LogP contribution >= 0.6 is 0 Å². The molecular weight excluding hydrogens is 200 g/mol. The molecule has 6 N–H and O–H groups in total. The first-order valence-electron chi connectivity index (χ1n) is 5.06. The Morgan fingerprint density at radius 2 is 2.07 bits per heavy atom. The van der Waals surface area contributed by atoms with Crippen LogP contribution in [0.3, 0.4) is 0 Å². The molecule has 0 fully saturated rings. The van der Waals surface area contributed by atoms with E-state index in [9.17, 15) is 4.79 Å². The van der Waals surface area contributed by atoms with E-state index in [1.165, 1.54) is 0 Å². The number of aliphatic hydroxyl groups is 2. The van der Waals surface area contributed by atoms with Crippen molar-refractivity contribution in [1.29, 1.82) is 0 Å². The number of hydrogen-bond acceptors (Lipinski definition) is 5. The standard InChI is InChI=1S/C9H20N2O4/c10-8(9(14)15)3-1-2-4-11-5-7(13)6-12/h7-8,11-13H,1-6,10H2,(H,14,15). The first-order chi connectivity index (χ1) is 7.07. The van der Waals surface area contributed by atoms with Crippen molar-refractivity contribution in [2.24, 2.45) is 5.73 Å². The molecule has 0 saturated heterocycles. The zero-order valence-electron chi connectivity index (χ0n) is 8.72. The number of aliphatic hydroxyl groups excluding tert-OH is 2. The van der Waals surface area contributed by atoms with E-state index in [-0.39, 0.29) is 6.61 Å². The SMILES string of the molecule is NC(CCCCNCC(O)CO)C(=O)O. The number of carboxylic acid groups (broad SMARTS) is 1. The summed E-state index contributed by atoms with van der Waals surface area (Å²) in [6, 6.07) is -0.784. The molecule has 15 heavy (non-hydrogen) atoms. The first-order valence-corrected chi connectivity index (χ1v) is 5.06. The van der Waals surface area contributed by atoms with Crippen molar-refractivity contribution in [1.82, 2.24) is 5.32 Å². The molecule has 0 aromatic carbocycles. The Morgan fingerprint density at radius 3 is 2.60 bits per heavy atom. The number of rotatable bonds is 9. The number of unbranched alkanes of at least 4 members (excludes halogenated alkanes) is 1. The van der Waals surface area contributed by atoms with Crippen molar-refractivity contribution < 1.29 is 20.1 Å². The largest absolute Gasteiger partial charge is 0.480 e. The quantitative estimate of drug-likeness (QED) is 0.302. The number of hydrogen-bond donors (Lipinski definition) is 5. The van der Waals surface area contributed by atoms with Gasteiger partial charge in [-0.2, -0.15) is 0 Å². The molecule has 2 atom stereocenters. The molecule has 0 saturated carbocycles.